The quantitative estimate of drug-likeness (QED) is 0.661. The summed E-state index contributed by atoms with van der Waals surface area (Å²) in [5.74, 6) is -0.659. The molecule has 0 aliphatic carbocycles. The third-order valence-electron chi connectivity index (χ3n) is 5.01. The molecule has 11 heteroatoms. The average molecular weight is 435 g/mol. The zero-order valence-corrected chi connectivity index (χ0v) is 15.0. The Balaban J connectivity index is 1.87. The standard InChI is InChI=1S/C19H15F6NO4/c20-18(21,22)9-1-3-11-15(5-9)30-16-6-10(19(23,24)25)2-4-12(16)26(11)13-7-29-8-14(27)17(13)28/h1-6,13-14,17,27-28H,7-8H2/t13-,14-,17+/m0/s1. The first kappa shape index (κ1) is 20.8. The van der Waals surface area contributed by atoms with E-state index in [9.17, 15) is 36.6 Å². The number of anilines is 2. The first-order chi connectivity index (χ1) is 14.0. The number of fused-ring (bicyclic) bond motifs is 2. The number of hydrogen-bond acceptors (Lipinski definition) is 5. The number of hydrogen-bond donors (Lipinski definition) is 2. The Morgan fingerprint density at radius 1 is 0.800 bits per heavy atom. The van der Waals surface area contributed by atoms with Crippen molar-refractivity contribution in [3.63, 3.8) is 0 Å². The fourth-order valence-corrected chi connectivity index (χ4v) is 3.54. The van der Waals surface area contributed by atoms with Crippen molar-refractivity contribution in [2.24, 2.45) is 0 Å². The lowest BCUT2D eigenvalue weighted by Gasteiger charge is -2.43. The van der Waals surface area contributed by atoms with Crippen molar-refractivity contribution >= 4 is 11.4 Å². The van der Waals surface area contributed by atoms with Gasteiger partial charge in [0, 0.05) is 0 Å². The number of halogens is 6. The highest BCUT2D eigenvalue weighted by atomic mass is 19.4. The second-order valence-electron chi connectivity index (χ2n) is 7.00. The van der Waals surface area contributed by atoms with Gasteiger partial charge in [0.25, 0.3) is 0 Å². The molecule has 3 atom stereocenters. The van der Waals surface area contributed by atoms with E-state index >= 15 is 0 Å². The van der Waals surface area contributed by atoms with Crippen molar-refractivity contribution in [1.29, 1.82) is 0 Å². The number of rotatable bonds is 1. The van der Waals surface area contributed by atoms with Crippen molar-refractivity contribution < 1.29 is 46.0 Å². The summed E-state index contributed by atoms with van der Waals surface area (Å²) in [7, 11) is 0. The van der Waals surface area contributed by atoms with Gasteiger partial charge >= 0.3 is 12.4 Å². The van der Waals surface area contributed by atoms with Crippen molar-refractivity contribution in [3.8, 4) is 11.5 Å². The minimum Gasteiger partial charge on any atom is -0.453 e. The lowest BCUT2D eigenvalue weighted by Crippen LogP contribution is -2.55. The maximum atomic E-state index is 13.1. The molecule has 0 bridgehead atoms. The maximum Gasteiger partial charge on any atom is 0.416 e. The van der Waals surface area contributed by atoms with E-state index in [1.807, 2.05) is 0 Å². The monoisotopic (exact) mass is 435 g/mol. The number of benzene rings is 2. The molecule has 4 rings (SSSR count). The van der Waals surface area contributed by atoms with Crippen molar-refractivity contribution in [2.75, 3.05) is 18.1 Å². The van der Waals surface area contributed by atoms with Gasteiger partial charge in [-0.1, -0.05) is 0 Å². The molecule has 30 heavy (non-hydrogen) atoms. The van der Waals surface area contributed by atoms with Crippen LogP contribution < -0.4 is 9.64 Å². The van der Waals surface area contributed by atoms with E-state index in [1.165, 1.54) is 4.90 Å². The van der Waals surface area contributed by atoms with Crippen LogP contribution in [0.15, 0.2) is 36.4 Å². The average Bonchev–Trinajstić information content (AvgIpc) is 2.66. The molecule has 162 valence electrons. The van der Waals surface area contributed by atoms with Gasteiger partial charge in [-0.3, -0.25) is 0 Å². The molecule has 2 aromatic rings. The molecule has 2 heterocycles. The number of ether oxygens (including phenoxy) is 2. The lowest BCUT2D eigenvalue weighted by atomic mass is 9.98. The summed E-state index contributed by atoms with van der Waals surface area (Å²) in [5, 5.41) is 20.4. The number of aliphatic hydroxyl groups excluding tert-OH is 2. The molecule has 2 aliphatic rings. The molecule has 2 aromatic carbocycles. The van der Waals surface area contributed by atoms with E-state index < -0.39 is 41.7 Å². The van der Waals surface area contributed by atoms with Crippen LogP contribution in [0.1, 0.15) is 11.1 Å². The third-order valence-corrected chi connectivity index (χ3v) is 5.01. The van der Waals surface area contributed by atoms with Crippen LogP contribution in [0.4, 0.5) is 37.7 Å². The van der Waals surface area contributed by atoms with Crippen LogP contribution >= 0.6 is 0 Å². The van der Waals surface area contributed by atoms with E-state index in [1.54, 1.807) is 0 Å². The van der Waals surface area contributed by atoms with Gasteiger partial charge in [0.2, 0.25) is 0 Å². The molecule has 0 spiro atoms. The van der Waals surface area contributed by atoms with E-state index in [2.05, 4.69) is 0 Å². The fraction of sp³-hybridized carbons (Fsp3) is 0.368. The minimum absolute atomic E-state index is 0.0945. The summed E-state index contributed by atoms with van der Waals surface area (Å²) >= 11 is 0. The molecule has 2 aliphatic heterocycles. The SMILES string of the molecule is O[C@H]1[C@@H](O)COC[C@@H]1N1c2ccc(C(F)(F)F)cc2Oc2cc(C(F)(F)F)ccc21. The molecular weight excluding hydrogens is 420 g/mol. The molecule has 1 saturated heterocycles. The topological polar surface area (TPSA) is 62.2 Å². The Morgan fingerprint density at radius 3 is 1.77 bits per heavy atom. The summed E-state index contributed by atoms with van der Waals surface area (Å²) in [5.41, 5.74) is -1.90. The van der Waals surface area contributed by atoms with Gasteiger partial charge in [0.15, 0.2) is 11.5 Å². The second kappa shape index (κ2) is 7.03. The van der Waals surface area contributed by atoms with Gasteiger partial charge in [0.05, 0.1) is 41.8 Å². The Kier molecular flexibility index (Phi) is 4.87. The highest BCUT2D eigenvalue weighted by Gasteiger charge is 2.42. The van der Waals surface area contributed by atoms with Gasteiger partial charge in [-0.25, -0.2) is 0 Å². The summed E-state index contributed by atoms with van der Waals surface area (Å²) in [6.45, 7) is -0.263. The molecule has 0 radical (unpaired) electrons. The van der Waals surface area contributed by atoms with Crippen LogP contribution in [-0.2, 0) is 17.1 Å². The molecule has 1 fully saturated rings. The predicted molar refractivity (Wildman–Crippen MR) is 91.7 cm³/mol. The second-order valence-corrected chi connectivity index (χ2v) is 7.00. The van der Waals surface area contributed by atoms with Crippen LogP contribution in [0, 0.1) is 0 Å². The zero-order chi connectivity index (χ0) is 21.8. The Labute approximate surface area is 166 Å². The highest BCUT2D eigenvalue weighted by Crippen LogP contribution is 2.51. The highest BCUT2D eigenvalue weighted by molar-refractivity contribution is 5.79. The third kappa shape index (κ3) is 3.57. The summed E-state index contributed by atoms with van der Waals surface area (Å²) in [6.07, 6.45) is -12.0. The largest absolute Gasteiger partial charge is 0.453 e. The molecule has 0 amide bonds. The molecule has 2 N–H and O–H groups in total. The Morgan fingerprint density at radius 2 is 1.30 bits per heavy atom. The van der Waals surface area contributed by atoms with Crippen molar-refractivity contribution in [3.05, 3.63) is 47.5 Å². The van der Waals surface area contributed by atoms with Gasteiger partial charge < -0.3 is 24.6 Å². The summed E-state index contributed by atoms with van der Waals surface area (Å²) in [4.78, 5) is 1.33. The van der Waals surface area contributed by atoms with Crippen molar-refractivity contribution in [2.45, 2.75) is 30.6 Å². The number of aliphatic hydroxyl groups is 2. The maximum absolute atomic E-state index is 13.1. The first-order valence-electron chi connectivity index (χ1n) is 8.80. The van der Waals surface area contributed by atoms with E-state index in [-0.39, 0.29) is 36.1 Å². The van der Waals surface area contributed by atoms with Gasteiger partial charge in [0.1, 0.15) is 12.2 Å². The molecular formula is C19H15F6NO4. The van der Waals surface area contributed by atoms with Gasteiger partial charge in [-0.15, -0.1) is 0 Å². The van der Waals surface area contributed by atoms with Crippen LogP contribution in [0.3, 0.4) is 0 Å². The van der Waals surface area contributed by atoms with Gasteiger partial charge in [-0.2, -0.15) is 26.3 Å². The van der Waals surface area contributed by atoms with Crippen LogP contribution in [0.5, 0.6) is 11.5 Å². The van der Waals surface area contributed by atoms with Gasteiger partial charge in [-0.05, 0) is 36.4 Å². The van der Waals surface area contributed by atoms with E-state index in [0.29, 0.717) is 12.1 Å². The molecule has 0 aromatic heterocycles. The predicted octanol–water partition coefficient (Wildman–Crippen LogP) is 4.09. The van der Waals surface area contributed by atoms with Crippen LogP contribution in [0.2, 0.25) is 0 Å². The molecule has 0 saturated carbocycles. The van der Waals surface area contributed by atoms with E-state index in [0.717, 1.165) is 24.3 Å². The lowest BCUT2D eigenvalue weighted by molar-refractivity contribution is -0.138. The summed E-state index contributed by atoms with van der Waals surface area (Å²) < 4.78 is 89.4. The Bertz CT molecular complexity index is 898. The minimum atomic E-state index is -4.69. The summed E-state index contributed by atoms with van der Waals surface area (Å²) in [6, 6.07) is 4.20. The Hall–Kier alpha value is -2.50. The van der Waals surface area contributed by atoms with Crippen molar-refractivity contribution in [1.82, 2.24) is 0 Å². The normalized spacial score (nSPS) is 24.1. The smallest absolute Gasteiger partial charge is 0.416 e. The fourth-order valence-electron chi connectivity index (χ4n) is 3.54. The zero-order valence-electron chi connectivity index (χ0n) is 15.0. The van der Waals surface area contributed by atoms with Crippen LogP contribution in [0.25, 0.3) is 0 Å². The van der Waals surface area contributed by atoms with Crippen LogP contribution in [-0.4, -0.2) is 41.7 Å². The number of alkyl halides is 6. The van der Waals surface area contributed by atoms with E-state index in [4.69, 9.17) is 9.47 Å². The molecule has 0 unspecified atom stereocenters. The number of nitrogens with zero attached hydrogens (tertiary/aromatic N) is 1. The molecule has 5 nitrogen and oxygen atoms in total. The first-order valence-corrected chi connectivity index (χ1v) is 8.80.